The van der Waals surface area contributed by atoms with Gasteiger partial charge in [-0.3, -0.25) is 9.59 Å². The first-order chi connectivity index (χ1) is 18.4. The number of thiazole rings is 1. The first-order valence-electron chi connectivity index (χ1n) is 11.7. The molecule has 212 valence electrons. The van der Waals surface area contributed by atoms with Gasteiger partial charge in [-0.1, -0.05) is 6.07 Å². The largest absolute Gasteiger partial charge is 0.431 e. The molecule has 2 aromatic heterocycles. The number of aliphatic hydroxyl groups excluding tert-OH is 2. The van der Waals surface area contributed by atoms with E-state index in [4.69, 9.17) is 4.42 Å². The van der Waals surface area contributed by atoms with Gasteiger partial charge in [0.05, 0.1) is 23.9 Å². The molecule has 15 heteroatoms. The van der Waals surface area contributed by atoms with Crippen molar-refractivity contribution in [2.75, 3.05) is 0 Å². The Balaban J connectivity index is 1.78. The van der Waals surface area contributed by atoms with Crippen LogP contribution in [-0.2, 0) is 4.79 Å². The zero-order valence-corrected chi connectivity index (χ0v) is 21.2. The number of rotatable bonds is 12. The van der Waals surface area contributed by atoms with E-state index in [-0.39, 0.29) is 23.4 Å². The average molecular weight is 577 g/mol. The molecule has 0 bridgehead atoms. The monoisotopic (exact) mass is 576 g/mol. The second-order valence-electron chi connectivity index (χ2n) is 8.67. The molecule has 0 spiro atoms. The number of amides is 2. The van der Waals surface area contributed by atoms with Crippen molar-refractivity contribution in [2.45, 2.75) is 63.1 Å². The molecule has 3 rings (SSSR count). The van der Waals surface area contributed by atoms with Crippen molar-refractivity contribution < 1.29 is 46.2 Å². The molecule has 0 saturated heterocycles. The SMILES string of the molecule is CC(O)CC[C@H](NC(=O)c1cnc(-c2cccc(F)c2F)o1)C(=O)N[C@@H](CCC(F)(F)F)C(O)c1nccs1. The molecule has 39 heavy (non-hydrogen) atoms. The molecule has 2 heterocycles. The summed E-state index contributed by atoms with van der Waals surface area (Å²) in [7, 11) is 0. The van der Waals surface area contributed by atoms with Crippen LogP contribution in [0.4, 0.5) is 22.0 Å². The van der Waals surface area contributed by atoms with E-state index in [9.17, 15) is 41.8 Å². The average Bonchev–Trinajstić information content (AvgIpc) is 3.57. The predicted molar refractivity (Wildman–Crippen MR) is 128 cm³/mol. The zero-order chi connectivity index (χ0) is 28.7. The van der Waals surface area contributed by atoms with E-state index in [0.717, 1.165) is 23.6 Å². The minimum absolute atomic E-state index is 0.0246. The summed E-state index contributed by atoms with van der Waals surface area (Å²) in [5.74, 6) is -5.18. The summed E-state index contributed by atoms with van der Waals surface area (Å²) in [6, 6.07) is 0.504. The number of benzene rings is 1. The van der Waals surface area contributed by atoms with Gasteiger partial charge in [-0.15, -0.1) is 11.3 Å². The molecule has 9 nitrogen and oxygen atoms in total. The highest BCUT2D eigenvalue weighted by Gasteiger charge is 2.34. The van der Waals surface area contributed by atoms with E-state index in [1.807, 2.05) is 0 Å². The third-order valence-corrected chi connectivity index (χ3v) is 6.40. The maximum Gasteiger partial charge on any atom is 0.389 e. The molecule has 1 aromatic carbocycles. The predicted octanol–water partition coefficient (Wildman–Crippen LogP) is 3.90. The van der Waals surface area contributed by atoms with Gasteiger partial charge in [-0.2, -0.15) is 13.2 Å². The quantitative estimate of drug-likeness (QED) is 0.240. The van der Waals surface area contributed by atoms with Crippen molar-refractivity contribution in [3.8, 4) is 11.5 Å². The van der Waals surface area contributed by atoms with Crippen LogP contribution in [0, 0.1) is 11.6 Å². The number of oxazole rings is 1. The standard InChI is InChI=1S/C24H25F5N4O5S/c1-12(34)5-6-16(20(36)32-15(7-8-24(27,28)29)19(35)23-30-9-10-39-23)33-21(37)17-11-31-22(38-17)13-3-2-4-14(25)18(13)26/h2-4,9-12,15-16,19,34-35H,5-8H2,1H3,(H,32,36)(H,33,37)/t12?,15-,16-,19?/m0/s1. The molecule has 2 amide bonds. The molecular weight excluding hydrogens is 551 g/mol. The normalized spacial score (nSPS) is 14.9. The highest BCUT2D eigenvalue weighted by Crippen LogP contribution is 2.28. The summed E-state index contributed by atoms with van der Waals surface area (Å²) < 4.78 is 71.6. The fourth-order valence-corrected chi connectivity index (χ4v) is 4.23. The van der Waals surface area contributed by atoms with E-state index in [2.05, 4.69) is 20.6 Å². The van der Waals surface area contributed by atoms with Crippen LogP contribution >= 0.6 is 11.3 Å². The minimum atomic E-state index is -4.56. The van der Waals surface area contributed by atoms with E-state index >= 15 is 0 Å². The third kappa shape index (κ3) is 8.53. The topological polar surface area (TPSA) is 138 Å². The van der Waals surface area contributed by atoms with Crippen LogP contribution in [0.5, 0.6) is 0 Å². The Morgan fingerprint density at radius 3 is 2.49 bits per heavy atom. The Bertz CT molecular complexity index is 1250. The van der Waals surface area contributed by atoms with E-state index < -0.39 is 78.4 Å². The number of carbonyl (C=O) groups is 2. The fourth-order valence-electron chi connectivity index (χ4n) is 3.54. The number of alkyl halides is 3. The Labute approximate surface area is 223 Å². The van der Waals surface area contributed by atoms with E-state index in [0.29, 0.717) is 0 Å². The fraction of sp³-hybridized carbons (Fsp3) is 0.417. The highest BCUT2D eigenvalue weighted by molar-refractivity contribution is 7.09. The van der Waals surface area contributed by atoms with Gasteiger partial charge in [0.1, 0.15) is 17.2 Å². The number of hydrogen-bond donors (Lipinski definition) is 4. The minimum Gasteiger partial charge on any atom is -0.431 e. The molecule has 0 aliphatic carbocycles. The van der Waals surface area contributed by atoms with Crippen LogP contribution in [0.15, 0.2) is 40.4 Å². The molecule has 0 fully saturated rings. The maximum absolute atomic E-state index is 14.1. The smallest absolute Gasteiger partial charge is 0.389 e. The molecule has 0 aliphatic rings. The second kappa shape index (κ2) is 13.1. The lowest BCUT2D eigenvalue weighted by atomic mass is 10.0. The molecule has 4 N–H and O–H groups in total. The van der Waals surface area contributed by atoms with Gasteiger partial charge in [-0.05, 0) is 38.3 Å². The van der Waals surface area contributed by atoms with Crippen molar-refractivity contribution in [3.05, 3.63) is 58.4 Å². The van der Waals surface area contributed by atoms with E-state index in [1.54, 1.807) is 0 Å². The van der Waals surface area contributed by atoms with Gasteiger partial charge >= 0.3 is 6.18 Å². The molecular formula is C24H25F5N4O5S. The lowest BCUT2D eigenvalue weighted by molar-refractivity contribution is -0.140. The van der Waals surface area contributed by atoms with Crippen molar-refractivity contribution in [2.24, 2.45) is 0 Å². The molecule has 4 atom stereocenters. The summed E-state index contributed by atoms with van der Waals surface area (Å²) in [5.41, 5.74) is -0.346. The summed E-state index contributed by atoms with van der Waals surface area (Å²) in [6.45, 7) is 1.44. The van der Waals surface area contributed by atoms with Crippen LogP contribution in [0.25, 0.3) is 11.5 Å². The van der Waals surface area contributed by atoms with Crippen LogP contribution < -0.4 is 10.6 Å². The second-order valence-corrected chi connectivity index (χ2v) is 9.59. The van der Waals surface area contributed by atoms with Gasteiger partial charge in [0.25, 0.3) is 5.91 Å². The molecule has 0 aliphatic heterocycles. The van der Waals surface area contributed by atoms with Crippen LogP contribution in [-0.4, -0.2) is 56.4 Å². The molecule has 3 aromatic rings. The first-order valence-corrected chi connectivity index (χ1v) is 12.6. The van der Waals surface area contributed by atoms with Gasteiger partial charge < -0.3 is 25.3 Å². The maximum atomic E-state index is 14.1. The molecule has 0 saturated carbocycles. The summed E-state index contributed by atoms with van der Waals surface area (Å²) >= 11 is 0.987. The number of nitrogens with zero attached hydrogens (tertiary/aromatic N) is 2. The summed E-state index contributed by atoms with van der Waals surface area (Å²) in [5, 5.41) is 26.5. The number of aromatic nitrogens is 2. The van der Waals surface area contributed by atoms with Gasteiger partial charge in [0.2, 0.25) is 17.6 Å². The Morgan fingerprint density at radius 2 is 1.85 bits per heavy atom. The summed E-state index contributed by atoms with van der Waals surface area (Å²) in [6.07, 6.45) is -6.80. The first kappa shape index (κ1) is 30.1. The van der Waals surface area contributed by atoms with Crippen molar-refractivity contribution in [1.29, 1.82) is 0 Å². The highest BCUT2D eigenvalue weighted by atomic mass is 32.1. The number of aliphatic hydroxyl groups is 2. The van der Waals surface area contributed by atoms with Crippen molar-refractivity contribution >= 4 is 23.2 Å². The van der Waals surface area contributed by atoms with Crippen molar-refractivity contribution in [1.82, 2.24) is 20.6 Å². The van der Waals surface area contributed by atoms with E-state index in [1.165, 1.54) is 30.6 Å². The summed E-state index contributed by atoms with van der Waals surface area (Å²) in [4.78, 5) is 33.5. The number of hydrogen-bond acceptors (Lipinski definition) is 8. The Morgan fingerprint density at radius 1 is 1.10 bits per heavy atom. The Kier molecular flexibility index (Phi) is 10.1. The Hall–Kier alpha value is -3.43. The van der Waals surface area contributed by atoms with Crippen LogP contribution in [0.2, 0.25) is 0 Å². The molecule has 2 unspecified atom stereocenters. The number of halogens is 5. The van der Waals surface area contributed by atoms with Gasteiger partial charge in [0.15, 0.2) is 11.6 Å². The van der Waals surface area contributed by atoms with Gasteiger partial charge in [0, 0.05) is 18.0 Å². The lowest BCUT2D eigenvalue weighted by Gasteiger charge is -2.26. The molecule has 0 radical (unpaired) electrons. The zero-order valence-electron chi connectivity index (χ0n) is 20.4. The van der Waals surface area contributed by atoms with Gasteiger partial charge in [-0.25, -0.2) is 18.7 Å². The number of nitrogens with one attached hydrogen (secondary N) is 2. The van der Waals surface area contributed by atoms with Crippen molar-refractivity contribution in [3.63, 3.8) is 0 Å². The number of carbonyl (C=O) groups excluding carboxylic acids is 2. The third-order valence-electron chi connectivity index (χ3n) is 5.56. The lowest BCUT2D eigenvalue weighted by Crippen LogP contribution is -2.51. The van der Waals surface area contributed by atoms with Crippen LogP contribution in [0.1, 0.15) is 54.3 Å². The van der Waals surface area contributed by atoms with Crippen LogP contribution in [0.3, 0.4) is 0 Å².